The minimum Gasteiger partial charge on any atom is -0.494 e. The highest BCUT2D eigenvalue weighted by Crippen LogP contribution is 2.29. The third-order valence-electron chi connectivity index (χ3n) is 3.17. The average Bonchev–Trinajstić information content (AvgIpc) is 3.10. The van der Waals surface area contributed by atoms with Gasteiger partial charge in [-0.05, 0) is 36.8 Å². The predicted octanol–water partition coefficient (Wildman–Crippen LogP) is 4.90. The van der Waals surface area contributed by atoms with Crippen LogP contribution in [-0.2, 0) is 0 Å². The van der Waals surface area contributed by atoms with E-state index in [0.29, 0.717) is 21.4 Å². The van der Waals surface area contributed by atoms with Gasteiger partial charge in [-0.1, -0.05) is 18.5 Å². The number of carbonyl (C=O) groups excluding carboxylic acids is 1. The SMILES string of the molecule is CCCOc1ccc2[nH]cc(C(=O)c3ccc(Cl)s3)c2c1. The third kappa shape index (κ3) is 2.82. The fourth-order valence-electron chi connectivity index (χ4n) is 2.17. The van der Waals surface area contributed by atoms with Gasteiger partial charge in [0, 0.05) is 22.7 Å². The largest absolute Gasteiger partial charge is 0.494 e. The number of ketones is 1. The molecule has 1 N–H and O–H groups in total. The number of rotatable bonds is 5. The Bertz CT molecular complexity index is 791. The van der Waals surface area contributed by atoms with Crippen molar-refractivity contribution in [3.8, 4) is 5.75 Å². The summed E-state index contributed by atoms with van der Waals surface area (Å²) < 4.78 is 6.25. The van der Waals surface area contributed by atoms with E-state index in [0.717, 1.165) is 23.1 Å². The Balaban J connectivity index is 2.00. The topological polar surface area (TPSA) is 42.1 Å². The maximum Gasteiger partial charge on any atom is 0.205 e. The van der Waals surface area contributed by atoms with Gasteiger partial charge in [0.15, 0.2) is 0 Å². The van der Waals surface area contributed by atoms with E-state index in [9.17, 15) is 4.79 Å². The van der Waals surface area contributed by atoms with Gasteiger partial charge in [0.2, 0.25) is 5.78 Å². The first-order valence-corrected chi connectivity index (χ1v) is 7.92. The monoisotopic (exact) mass is 319 g/mol. The van der Waals surface area contributed by atoms with E-state index < -0.39 is 0 Å². The molecule has 0 fully saturated rings. The van der Waals surface area contributed by atoms with Gasteiger partial charge in [-0.25, -0.2) is 0 Å². The van der Waals surface area contributed by atoms with Crippen LogP contribution in [0.15, 0.2) is 36.5 Å². The number of ether oxygens (including phenoxy) is 1. The molecular formula is C16H14ClNO2S. The molecule has 3 rings (SSSR count). The lowest BCUT2D eigenvalue weighted by Gasteiger charge is -2.04. The molecule has 3 nitrogen and oxygen atoms in total. The second-order valence-corrected chi connectivity index (χ2v) is 6.41. The molecule has 0 radical (unpaired) electrons. The first kappa shape index (κ1) is 14.2. The molecule has 0 bridgehead atoms. The van der Waals surface area contributed by atoms with E-state index in [-0.39, 0.29) is 5.78 Å². The van der Waals surface area contributed by atoms with Crippen LogP contribution in [0.4, 0.5) is 0 Å². The second kappa shape index (κ2) is 5.92. The Morgan fingerprint density at radius 1 is 1.33 bits per heavy atom. The zero-order valence-electron chi connectivity index (χ0n) is 11.5. The summed E-state index contributed by atoms with van der Waals surface area (Å²) in [5.41, 5.74) is 1.57. The molecule has 0 saturated heterocycles. The van der Waals surface area contributed by atoms with Gasteiger partial charge in [-0.3, -0.25) is 4.79 Å². The molecule has 0 spiro atoms. The van der Waals surface area contributed by atoms with Crippen molar-refractivity contribution in [2.24, 2.45) is 0 Å². The third-order valence-corrected chi connectivity index (χ3v) is 4.40. The number of hydrogen-bond donors (Lipinski definition) is 1. The molecule has 2 heterocycles. The Kier molecular flexibility index (Phi) is 3.99. The van der Waals surface area contributed by atoms with Crippen molar-refractivity contribution < 1.29 is 9.53 Å². The lowest BCUT2D eigenvalue weighted by Crippen LogP contribution is -1.98. The molecule has 0 aliphatic rings. The number of fused-ring (bicyclic) bond motifs is 1. The van der Waals surface area contributed by atoms with E-state index in [1.54, 1.807) is 18.3 Å². The van der Waals surface area contributed by atoms with Crippen LogP contribution in [0.1, 0.15) is 28.6 Å². The van der Waals surface area contributed by atoms with Crippen molar-refractivity contribution in [1.82, 2.24) is 4.98 Å². The van der Waals surface area contributed by atoms with Gasteiger partial charge in [0.1, 0.15) is 5.75 Å². The minimum atomic E-state index is -0.0224. The average molecular weight is 320 g/mol. The van der Waals surface area contributed by atoms with Gasteiger partial charge >= 0.3 is 0 Å². The van der Waals surface area contributed by atoms with E-state index in [4.69, 9.17) is 16.3 Å². The summed E-state index contributed by atoms with van der Waals surface area (Å²) in [7, 11) is 0. The van der Waals surface area contributed by atoms with Crippen molar-refractivity contribution in [2.45, 2.75) is 13.3 Å². The number of aromatic amines is 1. The zero-order chi connectivity index (χ0) is 14.8. The highest BCUT2D eigenvalue weighted by atomic mass is 35.5. The van der Waals surface area contributed by atoms with Crippen LogP contribution in [0.2, 0.25) is 4.34 Å². The van der Waals surface area contributed by atoms with Crippen molar-refractivity contribution in [3.63, 3.8) is 0 Å². The maximum atomic E-state index is 12.6. The minimum absolute atomic E-state index is 0.0224. The number of carbonyl (C=O) groups is 1. The van der Waals surface area contributed by atoms with Crippen molar-refractivity contribution in [3.05, 3.63) is 51.3 Å². The van der Waals surface area contributed by atoms with E-state index in [2.05, 4.69) is 11.9 Å². The van der Waals surface area contributed by atoms with Crippen LogP contribution in [0.25, 0.3) is 10.9 Å². The van der Waals surface area contributed by atoms with Crippen LogP contribution < -0.4 is 4.74 Å². The fourth-order valence-corrected chi connectivity index (χ4v) is 3.16. The zero-order valence-corrected chi connectivity index (χ0v) is 13.1. The molecule has 108 valence electrons. The number of hydrogen-bond acceptors (Lipinski definition) is 3. The van der Waals surface area contributed by atoms with Gasteiger partial charge < -0.3 is 9.72 Å². The standard InChI is InChI=1S/C16H14ClNO2S/c1-2-7-20-10-3-4-13-11(8-10)12(9-18-13)16(19)14-5-6-15(17)21-14/h3-6,8-9,18H,2,7H2,1H3. The van der Waals surface area contributed by atoms with Crippen LogP contribution in [0.5, 0.6) is 5.75 Å². The van der Waals surface area contributed by atoms with E-state index in [1.165, 1.54) is 11.3 Å². The predicted molar refractivity (Wildman–Crippen MR) is 86.8 cm³/mol. The maximum absolute atomic E-state index is 12.6. The molecule has 0 amide bonds. The molecule has 3 aromatic rings. The molecule has 0 unspecified atom stereocenters. The number of nitrogens with one attached hydrogen (secondary N) is 1. The first-order chi connectivity index (χ1) is 10.2. The van der Waals surface area contributed by atoms with Crippen molar-refractivity contribution >= 4 is 39.6 Å². The Hall–Kier alpha value is -1.78. The smallest absolute Gasteiger partial charge is 0.205 e. The summed E-state index contributed by atoms with van der Waals surface area (Å²) in [4.78, 5) is 16.3. The molecule has 0 aliphatic heterocycles. The first-order valence-electron chi connectivity index (χ1n) is 6.73. The van der Waals surface area contributed by atoms with Gasteiger partial charge in [0.25, 0.3) is 0 Å². The molecule has 2 aromatic heterocycles. The summed E-state index contributed by atoms with van der Waals surface area (Å²) in [6, 6.07) is 9.24. The fraction of sp³-hybridized carbons (Fsp3) is 0.188. The molecule has 21 heavy (non-hydrogen) atoms. The number of aromatic nitrogens is 1. The molecule has 0 aliphatic carbocycles. The normalized spacial score (nSPS) is 11.0. The quantitative estimate of drug-likeness (QED) is 0.679. The lowest BCUT2D eigenvalue weighted by molar-refractivity contribution is 0.104. The summed E-state index contributed by atoms with van der Waals surface area (Å²) in [5.74, 6) is 0.757. The van der Waals surface area contributed by atoms with Crippen LogP contribution in [0.3, 0.4) is 0 Å². The van der Waals surface area contributed by atoms with E-state index >= 15 is 0 Å². The summed E-state index contributed by atoms with van der Waals surface area (Å²) in [5, 5.41) is 0.873. The number of H-pyrrole nitrogens is 1. The highest BCUT2D eigenvalue weighted by molar-refractivity contribution is 7.18. The van der Waals surface area contributed by atoms with E-state index in [1.807, 2.05) is 18.2 Å². The second-order valence-electron chi connectivity index (χ2n) is 4.69. The summed E-state index contributed by atoms with van der Waals surface area (Å²) in [6.45, 7) is 2.73. The van der Waals surface area contributed by atoms with Crippen LogP contribution >= 0.6 is 22.9 Å². The summed E-state index contributed by atoms with van der Waals surface area (Å²) >= 11 is 7.20. The van der Waals surface area contributed by atoms with Gasteiger partial charge in [-0.15, -0.1) is 11.3 Å². The van der Waals surface area contributed by atoms with Gasteiger partial charge in [0.05, 0.1) is 15.8 Å². The number of benzene rings is 1. The molecular weight excluding hydrogens is 306 g/mol. The van der Waals surface area contributed by atoms with Crippen LogP contribution in [0, 0.1) is 0 Å². The molecule has 0 atom stereocenters. The van der Waals surface area contributed by atoms with Crippen molar-refractivity contribution in [1.29, 1.82) is 0 Å². The molecule has 5 heteroatoms. The van der Waals surface area contributed by atoms with Crippen LogP contribution in [-0.4, -0.2) is 17.4 Å². The number of thiophene rings is 1. The van der Waals surface area contributed by atoms with Gasteiger partial charge in [-0.2, -0.15) is 0 Å². The molecule has 1 aromatic carbocycles. The van der Waals surface area contributed by atoms with Crippen molar-refractivity contribution in [2.75, 3.05) is 6.61 Å². The summed E-state index contributed by atoms with van der Waals surface area (Å²) in [6.07, 6.45) is 2.69. The Labute approximate surface area is 131 Å². The highest BCUT2D eigenvalue weighted by Gasteiger charge is 2.16. The number of halogens is 1. The Morgan fingerprint density at radius 2 is 2.19 bits per heavy atom. The lowest BCUT2D eigenvalue weighted by atomic mass is 10.1. The Morgan fingerprint density at radius 3 is 2.90 bits per heavy atom. The molecule has 0 saturated carbocycles.